The second-order valence-electron chi connectivity index (χ2n) is 6.21. The molecule has 3 nitrogen and oxygen atoms in total. The molecule has 0 radical (unpaired) electrons. The SMILES string of the molecule is COc1ccc(C2(OC)c3ccccc3N(C)c3ccccc32)cc1. The smallest absolute Gasteiger partial charge is 0.147 e. The molecule has 3 aromatic carbocycles. The summed E-state index contributed by atoms with van der Waals surface area (Å²) in [6.45, 7) is 0. The van der Waals surface area contributed by atoms with Crippen LogP contribution in [0, 0.1) is 0 Å². The van der Waals surface area contributed by atoms with Crippen LogP contribution in [0.5, 0.6) is 5.75 Å². The minimum absolute atomic E-state index is 0.647. The number of nitrogens with zero attached hydrogens (tertiary/aromatic N) is 1. The van der Waals surface area contributed by atoms with Gasteiger partial charge in [-0.05, 0) is 29.8 Å². The molecule has 126 valence electrons. The average molecular weight is 331 g/mol. The molecule has 1 heterocycles. The van der Waals surface area contributed by atoms with E-state index in [0.29, 0.717) is 0 Å². The highest BCUT2D eigenvalue weighted by atomic mass is 16.5. The van der Waals surface area contributed by atoms with Gasteiger partial charge in [-0.2, -0.15) is 0 Å². The maximum absolute atomic E-state index is 6.27. The van der Waals surface area contributed by atoms with Gasteiger partial charge in [-0.1, -0.05) is 48.5 Å². The van der Waals surface area contributed by atoms with Crippen LogP contribution in [0.4, 0.5) is 11.4 Å². The molecule has 0 atom stereocenters. The number of rotatable bonds is 3. The Kier molecular flexibility index (Phi) is 3.74. The van der Waals surface area contributed by atoms with Crippen LogP contribution in [0.3, 0.4) is 0 Å². The molecule has 3 aromatic rings. The molecule has 0 aliphatic carbocycles. The zero-order chi connectivity index (χ0) is 17.4. The van der Waals surface area contributed by atoms with Gasteiger partial charge in [0.15, 0.2) is 0 Å². The second kappa shape index (κ2) is 5.94. The molecule has 0 amide bonds. The van der Waals surface area contributed by atoms with Crippen molar-refractivity contribution in [2.45, 2.75) is 5.60 Å². The fourth-order valence-electron chi connectivity index (χ4n) is 3.88. The monoisotopic (exact) mass is 331 g/mol. The molecule has 25 heavy (non-hydrogen) atoms. The number of anilines is 2. The van der Waals surface area contributed by atoms with Crippen LogP contribution in [0.15, 0.2) is 72.8 Å². The summed E-state index contributed by atoms with van der Waals surface area (Å²) >= 11 is 0. The van der Waals surface area contributed by atoms with E-state index in [0.717, 1.165) is 33.8 Å². The van der Waals surface area contributed by atoms with Gasteiger partial charge in [-0.15, -0.1) is 0 Å². The summed E-state index contributed by atoms with van der Waals surface area (Å²) < 4.78 is 11.6. The van der Waals surface area contributed by atoms with Gasteiger partial charge in [0, 0.05) is 36.7 Å². The van der Waals surface area contributed by atoms with E-state index in [4.69, 9.17) is 9.47 Å². The zero-order valence-corrected chi connectivity index (χ0v) is 14.7. The molecule has 0 N–H and O–H groups in total. The van der Waals surface area contributed by atoms with Crippen LogP contribution in [-0.2, 0) is 10.3 Å². The van der Waals surface area contributed by atoms with Crippen LogP contribution < -0.4 is 9.64 Å². The zero-order valence-electron chi connectivity index (χ0n) is 14.7. The van der Waals surface area contributed by atoms with Gasteiger partial charge < -0.3 is 14.4 Å². The Hall–Kier alpha value is -2.78. The number of hydrogen-bond acceptors (Lipinski definition) is 3. The van der Waals surface area contributed by atoms with Gasteiger partial charge >= 0.3 is 0 Å². The molecule has 1 aliphatic rings. The topological polar surface area (TPSA) is 21.7 Å². The van der Waals surface area contributed by atoms with E-state index in [1.807, 2.05) is 12.1 Å². The Bertz CT molecular complexity index is 854. The molecule has 0 unspecified atom stereocenters. The molecule has 1 aliphatic heterocycles. The molecule has 0 aromatic heterocycles. The number of para-hydroxylation sites is 2. The van der Waals surface area contributed by atoms with E-state index < -0.39 is 5.60 Å². The van der Waals surface area contributed by atoms with Crippen LogP contribution in [0.2, 0.25) is 0 Å². The summed E-state index contributed by atoms with van der Waals surface area (Å²) in [7, 11) is 5.57. The van der Waals surface area contributed by atoms with E-state index >= 15 is 0 Å². The van der Waals surface area contributed by atoms with Crippen molar-refractivity contribution in [2.24, 2.45) is 0 Å². The van der Waals surface area contributed by atoms with E-state index in [9.17, 15) is 0 Å². The number of ether oxygens (including phenoxy) is 2. The van der Waals surface area contributed by atoms with Crippen molar-refractivity contribution in [3.8, 4) is 5.75 Å². The van der Waals surface area contributed by atoms with Crippen molar-refractivity contribution in [3.05, 3.63) is 89.5 Å². The first-order valence-electron chi connectivity index (χ1n) is 8.35. The van der Waals surface area contributed by atoms with Gasteiger partial charge in [-0.3, -0.25) is 0 Å². The second-order valence-corrected chi connectivity index (χ2v) is 6.21. The van der Waals surface area contributed by atoms with Gasteiger partial charge in [-0.25, -0.2) is 0 Å². The average Bonchev–Trinajstić information content (AvgIpc) is 2.69. The minimum Gasteiger partial charge on any atom is -0.497 e. The molecule has 3 heteroatoms. The normalized spacial score (nSPS) is 14.6. The number of hydrogen-bond donors (Lipinski definition) is 0. The maximum atomic E-state index is 6.27. The Morgan fingerprint density at radius 3 is 1.72 bits per heavy atom. The molecule has 0 fully saturated rings. The van der Waals surface area contributed by atoms with Crippen LogP contribution >= 0.6 is 0 Å². The fraction of sp³-hybridized carbons (Fsp3) is 0.182. The standard InChI is InChI=1S/C22H21NO2/c1-23-20-10-6-4-8-18(20)22(25-3,19-9-5-7-11-21(19)23)16-12-14-17(24-2)15-13-16/h4-15H,1-3H3. The molecule has 4 rings (SSSR count). The van der Waals surface area contributed by atoms with Crippen LogP contribution in [0.25, 0.3) is 0 Å². The van der Waals surface area contributed by atoms with E-state index in [1.54, 1.807) is 14.2 Å². The molecule has 0 spiro atoms. The summed E-state index contributed by atoms with van der Waals surface area (Å²) in [6, 6.07) is 25.0. The van der Waals surface area contributed by atoms with Gasteiger partial charge in [0.2, 0.25) is 0 Å². The van der Waals surface area contributed by atoms with E-state index in [-0.39, 0.29) is 0 Å². The largest absolute Gasteiger partial charge is 0.497 e. The molecular weight excluding hydrogens is 310 g/mol. The third kappa shape index (κ3) is 2.16. The maximum Gasteiger partial charge on any atom is 0.147 e. The third-order valence-corrected chi connectivity index (χ3v) is 5.09. The Morgan fingerprint density at radius 1 is 0.720 bits per heavy atom. The summed E-state index contributed by atoms with van der Waals surface area (Å²) in [5, 5.41) is 0. The van der Waals surface area contributed by atoms with Crippen LogP contribution in [-0.4, -0.2) is 21.3 Å². The van der Waals surface area contributed by atoms with Crippen molar-refractivity contribution in [1.82, 2.24) is 0 Å². The van der Waals surface area contributed by atoms with Gasteiger partial charge in [0.05, 0.1) is 7.11 Å². The van der Waals surface area contributed by atoms with Crippen molar-refractivity contribution in [1.29, 1.82) is 0 Å². The van der Waals surface area contributed by atoms with Crippen molar-refractivity contribution in [2.75, 3.05) is 26.2 Å². The molecule has 0 bridgehead atoms. The highest BCUT2D eigenvalue weighted by Gasteiger charge is 2.44. The molecular formula is C22H21NO2. The predicted molar refractivity (Wildman–Crippen MR) is 101 cm³/mol. The number of methoxy groups -OCH3 is 2. The van der Waals surface area contributed by atoms with E-state index in [2.05, 4.69) is 72.6 Å². The number of benzene rings is 3. The highest BCUT2D eigenvalue weighted by molar-refractivity contribution is 5.79. The number of fused-ring (bicyclic) bond motifs is 2. The molecule has 0 saturated heterocycles. The first kappa shape index (κ1) is 15.7. The Labute approximate surface area is 148 Å². The van der Waals surface area contributed by atoms with E-state index in [1.165, 1.54) is 0 Å². The minimum atomic E-state index is -0.647. The summed E-state index contributed by atoms with van der Waals surface area (Å²) in [5.41, 5.74) is 5.03. The van der Waals surface area contributed by atoms with Gasteiger partial charge in [0.25, 0.3) is 0 Å². The molecule has 0 saturated carbocycles. The lowest BCUT2D eigenvalue weighted by Gasteiger charge is -2.43. The van der Waals surface area contributed by atoms with Crippen molar-refractivity contribution >= 4 is 11.4 Å². The Morgan fingerprint density at radius 2 is 1.24 bits per heavy atom. The fourth-order valence-corrected chi connectivity index (χ4v) is 3.88. The lowest BCUT2D eigenvalue weighted by molar-refractivity contribution is 0.0580. The van der Waals surface area contributed by atoms with Crippen molar-refractivity contribution in [3.63, 3.8) is 0 Å². The first-order chi connectivity index (χ1) is 12.2. The van der Waals surface area contributed by atoms with Crippen molar-refractivity contribution < 1.29 is 9.47 Å². The van der Waals surface area contributed by atoms with Gasteiger partial charge in [0.1, 0.15) is 11.4 Å². The first-order valence-corrected chi connectivity index (χ1v) is 8.35. The quantitative estimate of drug-likeness (QED) is 0.693. The lowest BCUT2D eigenvalue weighted by atomic mass is 9.76. The summed E-state index contributed by atoms with van der Waals surface area (Å²) in [4.78, 5) is 2.23. The summed E-state index contributed by atoms with van der Waals surface area (Å²) in [5.74, 6) is 0.838. The lowest BCUT2D eigenvalue weighted by Crippen LogP contribution is -2.38. The van der Waals surface area contributed by atoms with Crippen LogP contribution in [0.1, 0.15) is 16.7 Å². The third-order valence-electron chi connectivity index (χ3n) is 5.09. The summed E-state index contributed by atoms with van der Waals surface area (Å²) in [6.07, 6.45) is 0. The highest BCUT2D eigenvalue weighted by Crippen LogP contribution is 2.52. The predicted octanol–water partition coefficient (Wildman–Crippen LogP) is 4.71. The Balaban J connectivity index is 2.05.